The maximum absolute atomic E-state index is 13.0. The van der Waals surface area contributed by atoms with Gasteiger partial charge in [-0.3, -0.25) is 34.5 Å². The first-order chi connectivity index (χ1) is 17.1. The first kappa shape index (κ1) is 23.7. The van der Waals surface area contributed by atoms with Gasteiger partial charge in [0.15, 0.2) is 6.04 Å². The molecule has 9 nitrogen and oxygen atoms in total. The summed E-state index contributed by atoms with van der Waals surface area (Å²) in [5.74, 6) is -1.27. The zero-order valence-corrected chi connectivity index (χ0v) is 20.1. The summed E-state index contributed by atoms with van der Waals surface area (Å²) < 4.78 is 5.20. The van der Waals surface area contributed by atoms with Crippen molar-refractivity contribution in [3.8, 4) is 0 Å². The second-order valence-electron chi connectivity index (χ2n) is 9.59. The summed E-state index contributed by atoms with van der Waals surface area (Å²) in [5.41, 5.74) is 3.29. The molecule has 2 N–H and O–H groups in total. The molecule has 186 valence electrons. The van der Waals surface area contributed by atoms with Crippen molar-refractivity contribution in [3.05, 3.63) is 53.5 Å². The van der Waals surface area contributed by atoms with E-state index in [1.165, 1.54) is 22.6 Å². The number of imide groups is 1. The quantitative estimate of drug-likeness (QED) is 0.343. The number of fused-ring (bicyclic) bond motifs is 1. The molecule has 1 aromatic heterocycles. The summed E-state index contributed by atoms with van der Waals surface area (Å²) in [6.45, 7) is 4.36. The lowest BCUT2D eigenvalue weighted by Gasteiger charge is -2.45. The fraction of sp³-hybridized carbons (Fsp3) is 0.538. The van der Waals surface area contributed by atoms with Gasteiger partial charge < -0.3 is 10.1 Å². The predicted octanol–water partition coefficient (Wildman–Crippen LogP) is 1.30. The number of nitrogens with zero attached hydrogens (tertiary/aromatic N) is 3. The molecular weight excluding hydrogens is 446 g/mol. The average Bonchev–Trinajstić information content (AvgIpc) is 2.90. The first-order valence-electron chi connectivity index (χ1n) is 12.6. The molecule has 4 aliphatic heterocycles. The molecule has 35 heavy (non-hydrogen) atoms. The molecule has 4 aliphatic rings. The summed E-state index contributed by atoms with van der Waals surface area (Å²) in [5, 5.41) is 7.18. The summed E-state index contributed by atoms with van der Waals surface area (Å²) in [6, 6.07) is 2.75. The zero-order chi connectivity index (χ0) is 24.4. The molecule has 5 heterocycles. The van der Waals surface area contributed by atoms with E-state index in [4.69, 9.17) is 4.74 Å². The number of ether oxygens (including phenoxy) is 1. The van der Waals surface area contributed by atoms with Crippen LogP contribution in [0.1, 0.15) is 44.1 Å². The second kappa shape index (κ2) is 10.3. The second-order valence-corrected chi connectivity index (χ2v) is 9.59. The van der Waals surface area contributed by atoms with Crippen LogP contribution < -0.4 is 10.6 Å². The van der Waals surface area contributed by atoms with Gasteiger partial charge in [-0.1, -0.05) is 12.1 Å². The van der Waals surface area contributed by atoms with Crippen LogP contribution in [0.3, 0.4) is 0 Å². The number of hydrogen-bond donors (Lipinski definition) is 2. The van der Waals surface area contributed by atoms with Crippen molar-refractivity contribution in [2.24, 2.45) is 5.92 Å². The zero-order valence-electron chi connectivity index (χ0n) is 20.1. The van der Waals surface area contributed by atoms with E-state index in [2.05, 4.69) is 27.8 Å². The number of β-lactam (4-membered cyclic amide) rings is 2. The van der Waals surface area contributed by atoms with E-state index in [0.717, 1.165) is 25.8 Å². The Hall–Kier alpha value is -3.04. The lowest BCUT2D eigenvalue weighted by atomic mass is 9.88. The van der Waals surface area contributed by atoms with Crippen LogP contribution in [0.25, 0.3) is 0 Å². The molecule has 2 atom stereocenters. The van der Waals surface area contributed by atoms with E-state index < -0.39 is 17.9 Å². The summed E-state index contributed by atoms with van der Waals surface area (Å²) >= 11 is 0. The SMILES string of the molecule is CCOC(=O)[C@H](CN1C(=O)C(N2CCC(C3=CC=C4CCCNC4N3)CC2)C1=O)c1cccnc1. The Morgan fingerprint density at radius 1 is 1.23 bits per heavy atom. The van der Waals surface area contributed by atoms with Gasteiger partial charge in [0.05, 0.1) is 12.8 Å². The molecule has 1 aromatic rings. The number of likely N-dealkylation sites (tertiary alicyclic amines) is 2. The number of hydrogen-bond acceptors (Lipinski definition) is 8. The number of esters is 1. The molecule has 0 bridgehead atoms. The number of amides is 2. The van der Waals surface area contributed by atoms with Crippen molar-refractivity contribution in [2.45, 2.75) is 50.7 Å². The number of carbonyl (C=O) groups is 3. The molecule has 9 heteroatoms. The minimum Gasteiger partial charge on any atom is -0.465 e. The summed E-state index contributed by atoms with van der Waals surface area (Å²) in [7, 11) is 0. The van der Waals surface area contributed by atoms with Gasteiger partial charge in [0.2, 0.25) is 0 Å². The number of allylic oxidation sites excluding steroid dienone is 3. The Labute approximate surface area is 205 Å². The summed E-state index contributed by atoms with van der Waals surface area (Å²) in [4.78, 5) is 45.8. The van der Waals surface area contributed by atoms with Crippen LogP contribution in [0.4, 0.5) is 0 Å². The number of rotatable bonds is 7. The van der Waals surface area contributed by atoms with Crippen LogP contribution in [-0.2, 0) is 19.1 Å². The minimum absolute atomic E-state index is 0.0188. The third kappa shape index (κ3) is 4.75. The van der Waals surface area contributed by atoms with Gasteiger partial charge in [0.1, 0.15) is 5.92 Å². The van der Waals surface area contributed by atoms with E-state index in [0.29, 0.717) is 24.6 Å². The van der Waals surface area contributed by atoms with Crippen molar-refractivity contribution >= 4 is 17.8 Å². The van der Waals surface area contributed by atoms with Gasteiger partial charge in [-0.15, -0.1) is 0 Å². The van der Waals surface area contributed by atoms with Crippen LogP contribution in [0, 0.1) is 5.92 Å². The van der Waals surface area contributed by atoms with E-state index in [9.17, 15) is 14.4 Å². The van der Waals surface area contributed by atoms with E-state index in [1.807, 2.05) is 4.90 Å². The van der Waals surface area contributed by atoms with Gasteiger partial charge in [-0.2, -0.15) is 0 Å². The van der Waals surface area contributed by atoms with Crippen LogP contribution in [0.2, 0.25) is 0 Å². The average molecular weight is 480 g/mol. The highest BCUT2D eigenvalue weighted by molar-refractivity contribution is 6.21. The van der Waals surface area contributed by atoms with Gasteiger partial charge in [-0.05, 0) is 62.4 Å². The third-order valence-corrected chi connectivity index (χ3v) is 7.51. The lowest BCUT2D eigenvalue weighted by molar-refractivity contribution is -0.169. The molecule has 5 rings (SSSR count). The van der Waals surface area contributed by atoms with Crippen molar-refractivity contribution < 1.29 is 19.1 Å². The molecule has 1 unspecified atom stereocenters. The maximum Gasteiger partial charge on any atom is 0.315 e. The van der Waals surface area contributed by atoms with Crippen LogP contribution in [-0.4, -0.2) is 77.6 Å². The van der Waals surface area contributed by atoms with E-state index in [1.54, 1.807) is 31.5 Å². The highest BCUT2D eigenvalue weighted by Gasteiger charge is 2.51. The fourth-order valence-electron chi connectivity index (χ4n) is 5.53. The molecular formula is C26H33N5O4. The number of piperidine rings is 2. The molecule has 0 aliphatic carbocycles. The van der Waals surface area contributed by atoms with Gasteiger partial charge in [0, 0.05) is 43.6 Å². The minimum atomic E-state index is -0.743. The predicted molar refractivity (Wildman–Crippen MR) is 129 cm³/mol. The molecule has 0 aromatic carbocycles. The van der Waals surface area contributed by atoms with Crippen LogP contribution in [0.5, 0.6) is 0 Å². The van der Waals surface area contributed by atoms with Crippen molar-refractivity contribution in [3.63, 3.8) is 0 Å². The van der Waals surface area contributed by atoms with E-state index in [-0.39, 0.29) is 31.1 Å². The third-order valence-electron chi connectivity index (χ3n) is 7.51. The molecule has 0 saturated carbocycles. The highest BCUT2D eigenvalue weighted by atomic mass is 16.5. The molecule has 0 radical (unpaired) electrons. The molecule has 0 spiro atoms. The number of aromatic nitrogens is 1. The van der Waals surface area contributed by atoms with Crippen LogP contribution in [0.15, 0.2) is 47.9 Å². The molecule has 3 fully saturated rings. The lowest BCUT2D eigenvalue weighted by Crippen LogP contribution is -2.69. The Kier molecular flexibility index (Phi) is 6.97. The van der Waals surface area contributed by atoms with Crippen molar-refractivity contribution in [1.82, 2.24) is 25.4 Å². The van der Waals surface area contributed by atoms with Gasteiger partial charge in [-0.25, -0.2) is 0 Å². The number of carbonyl (C=O) groups excluding carboxylic acids is 3. The monoisotopic (exact) mass is 479 g/mol. The van der Waals surface area contributed by atoms with E-state index >= 15 is 0 Å². The fourth-order valence-corrected chi connectivity index (χ4v) is 5.53. The Morgan fingerprint density at radius 3 is 2.74 bits per heavy atom. The Morgan fingerprint density at radius 2 is 2.03 bits per heavy atom. The highest BCUT2D eigenvalue weighted by Crippen LogP contribution is 2.32. The number of pyridine rings is 1. The smallest absolute Gasteiger partial charge is 0.315 e. The molecule has 3 saturated heterocycles. The maximum atomic E-state index is 13.0. The van der Waals surface area contributed by atoms with Crippen molar-refractivity contribution in [1.29, 1.82) is 0 Å². The first-order valence-corrected chi connectivity index (χ1v) is 12.6. The number of dihydropyridines is 1. The number of nitrogens with one attached hydrogen (secondary N) is 2. The normalized spacial score (nSPS) is 24.6. The summed E-state index contributed by atoms with van der Waals surface area (Å²) in [6.07, 6.45) is 12.0. The topological polar surface area (TPSA) is 104 Å². The van der Waals surface area contributed by atoms with Gasteiger partial charge >= 0.3 is 5.97 Å². The largest absolute Gasteiger partial charge is 0.465 e. The van der Waals surface area contributed by atoms with Gasteiger partial charge in [0.25, 0.3) is 11.8 Å². The van der Waals surface area contributed by atoms with Crippen LogP contribution >= 0.6 is 0 Å². The standard InChI is InChI=1S/C26H33N5O4/c1-2-35-26(34)20(19-6-3-11-27-15-19)16-31-24(32)22(25(31)33)30-13-9-17(10-14-30)21-8-7-18-5-4-12-28-23(18)29-21/h3,6-8,11,15,17,20,22-23,28-29H,2,4-5,9-10,12-14,16H2,1H3/t20-,23?/m1/s1. The Balaban J connectivity index is 1.18. The van der Waals surface area contributed by atoms with Crippen molar-refractivity contribution in [2.75, 3.05) is 32.8 Å². The molecule has 2 amide bonds. The Bertz CT molecular complexity index is 1020.